The number of anilines is 3. The van der Waals surface area contributed by atoms with Crippen LogP contribution in [0.5, 0.6) is 0 Å². The molecule has 1 fully saturated rings. The molecule has 1 saturated heterocycles. The zero-order valence-electron chi connectivity index (χ0n) is 37.0. The van der Waals surface area contributed by atoms with Crippen molar-refractivity contribution in [1.82, 2.24) is 30.1 Å². The Morgan fingerprint density at radius 1 is 0.889 bits per heavy atom. The van der Waals surface area contributed by atoms with Gasteiger partial charge in [0.15, 0.2) is 0 Å². The van der Waals surface area contributed by atoms with Crippen molar-refractivity contribution in [2.75, 3.05) is 55.2 Å². The third kappa shape index (κ3) is 14.1. The van der Waals surface area contributed by atoms with E-state index in [1.165, 1.54) is 17.0 Å². The van der Waals surface area contributed by atoms with Crippen molar-refractivity contribution in [2.24, 2.45) is 18.7 Å². The van der Waals surface area contributed by atoms with E-state index in [9.17, 15) is 32.7 Å². The average Bonchev–Trinajstić information content (AvgIpc) is 3.25. The van der Waals surface area contributed by atoms with Gasteiger partial charge in [-0.1, -0.05) is 76.3 Å². The number of benzene rings is 2. The number of aliphatic hydroxyl groups excluding tert-OH is 1. The molecule has 0 bridgehead atoms. The zero-order chi connectivity index (χ0) is 45.7. The third-order valence-corrected chi connectivity index (χ3v) is 11.6. The molecule has 14 nitrogen and oxygen atoms in total. The van der Waals surface area contributed by atoms with E-state index in [1.54, 1.807) is 20.0 Å². The lowest BCUT2D eigenvalue weighted by Crippen LogP contribution is -2.54. The predicted molar refractivity (Wildman–Crippen MR) is 242 cm³/mol. The van der Waals surface area contributed by atoms with Crippen LogP contribution in [-0.4, -0.2) is 93.8 Å². The molecule has 0 aliphatic carbocycles. The number of aliphatic hydroxyl groups is 1. The van der Waals surface area contributed by atoms with E-state index in [1.807, 2.05) is 44.2 Å². The van der Waals surface area contributed by atoms with Crippen LogP contribution in [0.3, 0.4) is 0 Å². The van der Waals surface area contributed by atoms with Crippen LogP contribution in [0.2, 0.25) is 0 Å². The Kier molecular flexibility index (Phi) is 17.7. The molecule has 1 aliphatic heterocycles. The van der Waals surface area contributed by atoms with Gasteiger partial charge >= 0.3 is 6.18 Å². The van der Waals surface area contributed by atoms with Gasteiger partial charge in [0.1, 0.15) is 35.6 Å². The molecule has 1 aliphatic rings. The minimum atomic E-state index is -4.54. The highest BCUT2D eigenvalue weighted by atomic mass is 19.4. The SMILES string of the molecule is CC(C)C[C@H](NC(=O)[C@@H](O)[C@H](N)Cc1ccccc1)C(=O)NCCCCCCCCCN1CCN(c2cc3c(N[C@H](C)c4cc(N)cc(C(F)(F)F)c4)ncnc3n(C)c2=O)CC1. The summed E-state index contributed by atoms with van der Waals surface area (Å²) in [5, 5.41) is 20.1. The Morgan fingerprint density at radius 3 is 2.22 bits per heavy atom. The Hall–Kier alpha value is -5.26. The molecule has 2 aromatic heterocycles. The number of carbonyl (C=O) groups excluding carboxylic acids is 2. The molecule has 344 valence electrons. The molecule has 4 atom stereocenters. The van der Waals surface area contributed by atoms with E-state index in [-0.39, 0.29) is 23.1 Å². The van der Waals surface area contributed by atoms with Gasteiger partial charge < -0.3 is 37.4 Å². The minimum Gasteiger partial charge on any atom is -0.399 e. The summed E-state index contributed by atoms with van der Waals surface area (Å²) >= 11 is 0. The number of nitrogen functional groups attached to an aromatic ring is 1. The number of aryl methyl sites for hydroxylation is 1. The molecular weight excluding hydrogens is 814 g/mol. The molecule has 0 spiro atoms. The second-order valence-electron chi connectivity index (χ2n) is 17.2. The van der Waals surface area contributed by atoms with Crippen LogP contribution in [0.15, 0.2) is 65.7 Å². The molecule has 2 amide bonds. The Morgan fingerprint density at radius 2 is 1.56 bits per heavy atom. The van der Waals surface area contributed by atoms with Gasteiger partial charge in [-0.15, -0.1) is 0 Å². The Balaban J connectivity index is 0.995. The van der Waals surface area contributed by atoms with Crippen LogP contribution in [0.25, 0.3) is 11.0 Å². The van der Waals surface area contributed by atoms with Crippen molar-refractivity contribution < 1.29 is 27.9 Å². The van der Waals surface area contributed by atoms with Gasteiger partial charge in [-0.3, -0.25) is 23.9 Å². The lowest BCUT2D eigenvalue weighted by molar-refractivity contribution is -0.137. The molecule has 63 heavy (non-hydrogen) atoms. The summed E-state index contributed by atoms with van der Waals surface area (Å²) in [5.74, 6) is -0.339. The lowest BCUT2D eigenvalue weighted by Gasteiger charge is -2.36. The van der Waals surface area contributed by atoms with Crippen LogP contribution >= 0.6 is 0 Å². The molecule has 17 heteroatoms. The number of aromatic nitrogens is 3. The van der Waals surface area contributed by atoms with Crippen molar-refractivity contribution in [1.29, 1.82) is 0 Å². The number of pyridine rings is 1. The van der Waals surface area contributed by atoms with Gasteiger partial charge in [0.2, 0.25) is 5.91 Å². The molecule has 0 unspecified atom stereocenters. The Labute approximate surface area is 368 Å². The van der Waals surface area contributed by atoms with E-state index in [4.69, 9.17) is 11.5 Å². The van der Waals surface area contributed by atoms with Crippen LogP contribution < -0.4 is 37.9 Å². The molecule has 0 radical (unpaired) electrons. The lowest BCUT2D eigenvalue weighted by atomic mass is 9.99. The third-order valence-electron chi connectivity index (χ3n) is 11.6. The first kappa shape index (κ1) is 48.8. The topological polar surface area (TPSA) is 197 Å². The molecule has 8 N–H and O–H groups in total. The number of unbranched alkanes of at least 4 members (excludes halogenated alkanes) is 6. The van der Waals surface area contributed by atoms with Crippen LogP contribution in [-0.2, 0) is 29.2 Å². The molecule has 3 heterocycles. The Bertz CT molecular complexity index is 2160. The average molecular weight is 879 g/mol. The molecular formula is C46H65F3N10O4. The van der Waals surface area contributed by atoms with Gasteiger partial charge in [0, 0.05) is 51.5 Å². The van der Waals surface area contributed by atoms with E-state index >= 15 is 0 Å². The second kappa shape index (κ2) is 22.9. The fourth-order valence-corrected chi connectivity index (χ4v) is 8.02. The highest BCUT2D eigenvalue weighted by molar-refractivity contribution is 5.90. The van der Waals surface area contributed by atoms with Crippen molar-refractivity contribution in [3.05, 3.63) is 88.0 Å². The van der Waals surface area contributed by atoms with Crippen LogP contribution in [0, 0.1) is 5.92 Å². The maximum absolute atomic E-state index is 13.5. The highest BCUT2D eigenvalue weighted by Crippen LogP contribution is 2.34. The standard InChI is InChI=1S/C46H65F3N10O4/c1-30(2)23-38(56-44(62)40(60)37(51)24-32-15-11-10-12-16-32)43(61)52-17-13-8-6-5-7-9-14-18-58-19-21-59(22-20-58)39-28-36-41(53-29-54-42(36)57(4)45(39)63)55-31(3)33-25-34(46(47,48)49)27-35(50)26-33/h10-12,15-16,25-31,37-38,40,60H,5-9,13-14,17-24,50-51H2,1-4H3,(H,52,61)(H,56,62)(H,53,54,55)/t31-,37-,38+,40+/m1/s1. The van der Waals surface area contributed by atoms with Crippen LogP contribution in [0.1, 0.15) is 94.9 Å². The van der Waals surface area contributed by atoms with Gasteiger partial charge in [-0.05, 0) is 80.5 Å². The van der Waals surface area contributed by atoms with E-state index < -0.39 is 41.9 Å². The molecule has 0 saturated carbocycles. The van der Waals surface area contributed by atoms with Crippen molar-refractivity contribution in [3.8, 4) is 0 Å². The first-order chi connectivity index (χ1) is 30.0. The number of amides is 2. The first-order valence-electron chi connectivity index (χ1n) is 22.1. The van der Waals surface area contributed by atoms with E-state index in [0.29, 0.717) is 60.6 Å². The summed E-state index contributed by atoms with van der Waals surface area (Å²) < 4.78 is 42.0. The summed E-state index contributed by atoms with van der Waals surface area (Å²) in [4.78, 5) is 52.6. The largest absolute Gasteiger partial charge is 0.416 e. The van der Waals surface area contributed by atoms with Gasteiger partial charge in [-0.25, -0.2) is 9.97 Å². The normalized spacial score (nSPS) is 15.6. The summed E-state index contributed by atoms with van der Waals surface area (Å²) in [6.45, 7) is 10.1. The fraction of sp³-hybridized carbons (Fsp3) is 0.543. The van der Waals surface area contributed by atoms with Crippen molar-refractivity contribution >= 4 is 40.0 Å². The predicted octanol–water partition coefficient (Wildman–Crippen LogP) is 5.53. The maximum Gasteiger partial charge on any atom is 0.416 e. The summed E-state index contributed by atoms with van der Waals surface area (Å²) in [6, 6.07) is 12.5. The maximum atomic E-state index is 13.5. The number of carbonyl (C=O) groups is 2. The number of alkyl halides is 3. The van der Waals surface area contributed by atoms with Crippen molar-refractivity contribution in [2.45, 2.75) is 109 Å². The first-order valence-corrected chi connectivity index (χ1v) is 22.1. The number of nitrogens with one attached hydrogen (secondary N) is 3. The number of halogens is 3. The summed E-state index contributed by atoms with van der Waals surface area (Å²) in [6.07, 6.45) is 3.44. The van der Waals surface area contributed by atoms with Crippen molar-refractivity contribution in [3.63, 3.8) is 0 Å². The molecule has 2 aromatic carbocycles. The van der Waals surface area contributed by atoms with E-state index in [2.05, 4.69) is 35.7 Å². The van der Waals surface area contributed by atoms with Crippen LogP contribution in [0.4, 0.5) is 30.4 Å². The number of nitrogens with zero attached hydrogens (tertiary/aromatic N) is 5. The summed E-state index contributed by atoms with van der Waals surface area (Å²) in [7, 11) is 1.66. The fourth-order valence-electron chi connectivity index (χ4n) is 8.02. The molecule has 4 aromatic rings. The summed E-state index contributed by atoms with van der Waals surface area (Å²) in [5.41, 5.74) is 13.2. The number of hydrogen-bond acceptors (Lipinski definition) is 11. The zero-order valence-corrected chi connectivity index (χ0v) is 37.0. The quantitative estimate of drug-likeness (QED) is 0.0429. The van der Waals surface area contributed by atoms with Gasteiger partial charge in [-0.2, -0.15) is 13.2 Å². The number of hydrogen-bond donors (Lipinski definition) is 6. The number of fused-ring (bicyclic) bond motifs is 1. The van der Waals surface area contributed by atoms with Gasteiger partial charge in [0.25, 0.3) is 11.5 Å². The van der Waals surface area contributed by atoms with Gasteiger partial charge in [0.05, 0.1) is 17.0 Å². The smallest absolute Gasteiger partial charge is 0.399 e. The highest BCUT2D eigenvalue weighted by Gasteiger charge is 2.32. The molecule has 5 rings (SSSR count). The number of rotatable bonds is 22. The minimum absolute atomic E-state index is 0.00908. The van der Waals surface area contributed by atoms with E-state index in [0.717, 1.165) is 82.3 Å². The number of piperazine rings is 1. The second-order valence-corrected chi connectivity index (χ2v) is 17.2. The monoisotopic (exact) mass is 879 g/mol. The number of nitrogens with two attached hydrogens (primary N) is 2.